The molecular weight excluding hydrogens is 515 g/mol. The number of hydrogen-bond acceptors (Lipinski definition) is 4. The summed E-state index contributed by atoms with van der Waals surface area (Å²) in [5.74, 6) is -0.744. The Morgan fingerprint density at radius 2 is 0.775 bits per heavy atom. The van der Waals surface area contributed by atoms with Gasteiger partial charge in [0.05, 0.1) is 0 Å². The predicted molar refractivity (Wildman–Crippen MR) is 164 cm³/mol. The Morgan fingerprint density at radius 1 is 0.475 bits per heavy atom. The van der Waals surface area contributed by atoms with Gasteiger partial charge >= 0.3 is 236 Å². The van der Waals surface area contributed by atoms with E-state index in [1.165, 1.54) is 30.1 Å². The molecule has 0 amide bonds. The number of rotatable bonds is 8. The molecule has 0 aromatic heterocycles. The van der Waals surface area contributed by atoms with Crippen LogP contribution in [0.5, 0.6) is 0 Å². The molecule has 0 saturated carbocycles. The van der Waals surface area contributed by atoms with E-state index in [1.54, 1.807) is 0 Å². The molecule has 0 radical (unpaired) electrons. The van der Waals surface area contributed by atoms with E-state index in [9.17, 15) is 9.59 Å². The summed E-state index contributed by atoms with van der Waals surface area (Å²) in [7, 11) is -0.0952. The van der Waals surface area contributed by atoms with Crippen LogP contribution in [0.1, 0.15) is 37.5 Å². The zero-order valence-corrected chi connectivity index (χ0v) is 23.5. The van der Waals surface area contributed by atoms with E-state index in [4.69, 9.17) is 9.47 Å². The van der Waals surface area contributed by atoms with E-state index in [-0.39, 0.29) is 17.6 Å². The minimum atomic E-state index is -2.87. The number of carbonyl (C=O) groups is 2. The average molecular weight is 547 g/mol. The van der Waals surface area contributed by atoms with Crippen molar-refractivity contribution in [2.75, 3.05) is 14.2 Å². The predicted octanol–water partition coefficient (Wildman–Crippen LogP) is 6.08. The van der Waals surface area contributed by atoms with Crippen LogP contribution in [0.4, 0.5) is 0 Å². The second kappa shape index (κ2) is 12.1. The van der Waals surface area contributed by atoms with Crippen molar-refractivity contribution in [1.29, 1.82) is 0 Å². The Labute approximate surface area is 235 Å². The first-order valence-corrected chi connectivity index (χ1v) is 15.2. The van der Waals surface area contributed by atoms with Crippen LogP contribution in [0, 0.1) is 0 Å². The first kappa shape index (κ1) is 27.1. The van der Waals surface area contributed by atoms with Crippen molar-refractivity contribution in [2.24, 2.45) is 0 Å². The SMILES string of the molecule is COC(=O)c1ccc(C(c2ccc(C(=O)OC)cc2)[PH](c2ccccc2)(c2ccccc2)c2ccccc2)cc1. The minimum absolute atomic E-state index is 0.0990. The van der Waals surface area contributed by atoms with Crippen LogP contribution in [-0.2, 0) is 9.47 Å². The van der Waals surface area contributed by atoms with Gasteiger partial charge in [-0.15, -0.1) is 0 Å². The van der Waals surface area contributed by atoms with E-state index in [0.29, 0.717) is 11.1 Å². The van der Waals surface area contributed by atoms with Crippen LogP contribution in [0.2, 0.25) is 0 Å². The van der Waals surface area contributed by atoms with Gasteiger partial charge in [-0.1, -0.05) is 0 Å². The summed E-state index contributed by atoms with van der Waals surface area (Å²) >= 11 is 0. The summed E-state index contributed by atoms with van der Waals surface area (Å²) in [6.07, 6.45) is 0. The fourth-order valence-corrected chi connectivity index (χ4v) is 11.2. The Balaban J connectivity index is 1.87. The fourth-order valence-electron chi connectivity index (χ4n) is 5.65. The van der Waals surface area contributed by atoms with Crippen LogP contribution in [0.25, 0.3) is 0 Å². The standard InChI is InChI=1S/C35H31O4P/c1-38-34(36)28-22-18-26(19-23-28)33(27-20-24-29(25-21-27)35(37)39-2)40(30-12-6-3-7-13-30,31-14-8-4-9-15-31)32-16-10-5-11-17-32/h3-25,33,40H,1-2H3. The van der Waals surface area contributed by atoms with Gasteiger partial charge in [0.15, 0.2) is 0 Å². The van der Waals surface area contributed by atoms with Crippen LogP contribution < -0.4 is 15.9 Å². The van der Waals surface area contributed by atoms with Crippen LogP contribution in [0.3, 0.4) is 0 Å². The van der Waals surface area contributed by atoms with Crippen LogP contribution >= 0.6 is 7.26 Å². The quantitative estimate of drug-likeness (QED) is 0.175. The van der Waals surface area contributed by atoms with E-state index in [2.05, 4.69) is 72.8 Å². The van der Waals surface area contributed by atoms with Crippen molar-refractivity contribution >= 4 is 35.1 Å². The zero-order valence-electron chi connectivity index (χ0n) is 22.5. The van der Waals surface area contributed by atoms with Gasteiger partial charge in [-0.2, -0.15) is 0 Å². The molecule has 4 nitrogen and oxygen atoms in total. The van der Waals surface area contributed by atoms with Crippen molar-refractivity contribution in [3.63, 3.8) is 0 Å². The van der Waals surface area contributed by atoms with Gasteiger partial charge in [0, 0.05) is 0 Å². The Hall–Kier alpha value is -4.53. The summed E-state index contributed by atoms with van der Waals surface area (Å²) < 4.78 is 9.94. The number of benzene rings is 5. The van der Waals surface area contributed by atoms with Crippen LogP contribution in [0.15, 0.2) is 140 Å². The zero-order chi connectivity index (χ0) is 28.0. The molecule has 0 aliphatic heterocycles. The molecule has 5 rings (SSSR count). The third kappa shape index (κ3) is 5.06. The normalized spacial score (nSPS) is 11.6. The van der Waals surface area contributed by atoms with Crippen molar-refractivity contribution < 1.29 is 19.1 Å². The Bertz CT molecular complexity index is 1410. The second-order valence-corrected chi connectivity index (χ2v) is 13.5. The van der Waals surface area contributed by atoms with Gasteiger partial charge in [0.2, 0.25) is 0 Å². The molecule has 200 valence electrons. The summed E-state index contributed by atoms with van der Waals surface area (Å²) in [5, 5.41) is 3.77. The van der Waals surface area contributed by atoms with Crippen molar-refractivity contribution in [3.05, 3.63) is 162 Å². The van der Waals surface area contributed by atoms with Crippen molar-refractivity contribution in [1.82, 2.24) is 0 Å². The molecule has 0 saturated heterocycles. The molecule has 0 fully saturated rings. The van der Waals surface area contributed by atoms with Gasteiger partial charge in [-0.25, -0.2) is 0 Å². The van der Waals surface area contributed by atoms with E-state index < -0.39 is 7.26 Å². The third-order valence-electron chi connectivity index (χ3n) is 7.45. The monoisotopic (exact) mass is 546 g/mol. The molecule has 0 spiro atoms. The number of ether oxygens (including phenoxy) is 2. The topological polar surface area (TPSA) is 52.6 Å². The first-order chi connectivity index (χ1) is 19.6. The van der Waals surface area contributed by atoms with Crippen molar-refractivity contribution in [3.8, 4) is 0 Å². The number of methoxy groups -OCH3 is 2. The molecule has 0 bridgehead atoms. The summed E-state index contributed by atoms with van der Waals surface area (Å²) in [4.78, 5) is 24.6. The third-order valence-corrected chi connectivity index (χ3v) is 12.7. The molecule has 5 aromatic carbocycles. The number of esters is 2. The van der Waals surface area contributed by atoms with E-state index in [0.717, 1.165) is 11.1 Å². The van der Waals surface area contributed by atoms with E-state index >= 15 is 0 Å². The maximum absolute atomic E-state index is 12.3. The van der Waals surface area contributed by atoms with Gasteiger partial charge in [-0.3, -0.25) is 0 Å². The van der Waals surface area contributed by atoms with Gasteiger partial charge in [-0.05, 0) is 0 Å². The van der Waals surface area contributed by atoms with Gasteiger partial charge < -0.3 is 0 Å². The molecule has 0 atom stereocenters. The summed E-state index contributed by atoms with van der Waals surface area (Å²) in [5.41, 5.74) is 3.04. The summed E-state index contributed by atoms with van der Waals surface area (Å²) in [6, 6.07) is 47.5. The molecule has 5 aromatic rings. The van der Waals surface area contributed by atoms with Gasteiger partial charge in [0.25, 0.3) is 0 Å². The first-order valence-electron chi connectivity index (χ1n) is 13.1. The summed E-state index contributed by atoms with van der Waals surface area (Å²) in [6.45, 7) is 0. The number of hydrogen-bond donors (Lipinski definition) is 0. The molecule has 0 aliphatic rings. The average Bonchev–Trinajstić information content (AvgIpc) is 3.04. The molecule has 0 unspecified atom stereocenters. The molecule has 0 heterocycles. The Morgan fingerprint density at radius 3 is 1.05 bits per heavy atom. The van der Waals surface area contributed by atoms with Gasteiger partial charge in [0.1, 0.15) is 0 Å². The molecule has 40 heavy (non-hydrogen) atoms. The molecule has 5 heteroatoms. The second-order valence-electron chi connectivity index (χ2n) is 9.57. The maximum atomic E-state index is 12.3. The molecule has 0 aliphatic carbocycles. The Kier molecular flexibility index (Phi) is 8.19. The fraction of sp³-hybridized carbons (Fsp3) is 0.0857. The van der Waals surface area contributed by atoms with Crippen molar-refractivity contribution in [2.45, 2.75) is 5.66 Å². The van der Waals surface area contributed by atoms with E-state index in [1.807, 2.05) is 66.7 Å². The van der Waals surface area contributed by atoms with Crippen LogP contribution in [-0.4, -0.2) is 26.2 Å². The molecule has 0 N–H and O–H groups in total. The number of carbonyl (C=O) groups excluding carboxylic acids is 2. The molecular formula is C35H31O4P.